The number of nitrogens with zero attached hydrogens (tertiary/aromatic N) is 1. The fourth-order valence-corrected chi connectivity index (χ4v) is 2.88. The van der Waals surface area contributed by atoms with Gasteiger partial charge in [0.15, 0.2) is 0 Å². The van der Waals surface area contributed by atoms with Crippen LogP contribution in [0.15, 0.2) is 18.2 Å². The summed E-state index contributed by atoms with van der Waals surface area (Å²) >= 11 is 0. The Morgan fingerprint density at radius 1 is 1.35 bits per heavy atom. The van der Waals surface area contributed by atoms with Crippen molar-refractivity contribution in [1.29, 1.82) is 0 Å². The average molecular weight is 275 g/mol. The molecule has 0 aliphatic rings. The second-order valence-corrected chi connectivity index (χ2v) is 5.39. The molecule has 20 heavy (non-hydrogen) atoms. The third-order valence-electron chi connectivity index (χ3n) is 3.73. The molecule has 0 unspecified atom stereocenters. The molecule has 0 fully saturated rings. The summed E-state index contributed by atoms with van der Waals surface area (Å²) in [6, 6.07) is 5.60. The van der Waals surface area contributed by atoms with E-state index >= 15 is 0 Å². The molecule has 0 radical (unpaired) electrons. The molecule has 0 amide bonds. The first-order valence-electron chi connectivity index (χ1n) is 6.95. The number of aliphatic hydroxyl groups excluding tert-OH is 1. The van der Waals surface area contributed by atoms with Gasteiger partial charge in [0.25, 0.3) is 0 Å². The van der Waals surface area contributed by atoms with Crippen LogP contribution in [0.3, 0.4) is 0 Å². The van der Waals surface area contributed by atoms with Crippen molar-refractivity contribution in [1.82, 2.24) is 4.57 Å². The van der Waals surface area contributed by atoms with Gasteiger partial charge in [-0.15, -0.1) is 0 Å². The topological polar surface area (TPSA) is 62.5 Å². The van der Waals surface area contributed by atoms with E-state index in [1.165, 1.54) is 0 Å². The Balaban J connectivity index is 2.69. The molecular formula is C16H21NO3. The third-order valence-corrected chi connectivity index (χ3v) is 3.73. The van der Waals surface area contributed by atoms with E-state index in [9.17, 15) is 4.79 Å². The number of aromatic nitrogens is 1. The molecule has 2 aromatic rings. The van der Waals surface area contributed by atoms with Gasteiger partial charge in [-0.2, -0.15) is 0 Å². The molecule has 0 aliphatic carbocycles. The van der Waals surface area contributed by atoms with Gasteiger partial charge in [0.05, 0.1) is 5.56 Å². The molecule has 4 nitrogen and oxygen atoms in total. The lowest BCUT2D eigenvalue weighted by Crippen LogP contribution is -2.03. The van der Waals surface area contributed by atoms with Crippen LogP contribution in [0.4, 0.5) is 0 Å². The number of aliphatic hydroxyl groups is 1. The molecule has 1 aromatic carbocycles. The fraction of sp³-hybridized carbons (Fsp3) is 0.438. The summed E-state index contributed by atoms with van der Waals surface area (Å²) in [6.07, 6.45) is 1.46. The van der Waals surface area contributed by atoms with Crippen molar-refractivity contribution in [2.45, 2.75) is 39.7 Å². The highest BCUT2D eigenvalue weighted by Gasteiger charge is 2.17. The van der Waals surface area contributed by atoms with E-state index in [1.54, 1.807) is 12.1 Å². The molecule has 0 aliphatic heterocycles. The van der Waals surface area contributed by atoms with Crippen LogP contribution in [0, 0.1) is 6.92 Å². The minimum atomic E-state index is -0.907. The predicted molar refractivity (Wildman–Crippen MR) is 79.4 cm³/mol. The number of hydrogen-bond donors (Lipinski definition) is 2. The smallest absolute Gasteiger partial charge is 0.335 e. The minimum Gasteiger partial charge on any atom is -0.478 e. The number of carbonyl (C=O) groups is 1. The lowest BCUT2D eigenvalue weighted by Gasteiger charge is -2.12. The van der Waals surface area contributed by atoms with Crippen molar-refractivity contribution in [3.05, 3.63) is 35.0 Å². The maximum atomic E-state index is 11.1. The zero-order valence-electron chi connectivity index (χ0n) is 12.2. The summed E-state index contributed by atoms with van der Waals surface area (Å²) in [5.74, 6) is -0.907. The van der Waals surface area contributed by atoms with Crippen molar-refractivity contribution >= 4 is 16.9 Å². The predicted octanol–water partition coefficient (Wildman–Crippen LogP) is 3.15. The van der Waals surface area contributed by atoms with Gasteiger partial charge in [-0.05, 0) is 57.4 Å². The molecule has 108 valence electrons. The molecule has 1 aromatic heterocycles. The van der Waals surface area contributed by atoms with Crippen molar-refractivity contribution in [2.75, 3.05) is 6.61 Å². The molecule has 0 atom stereocenters. The number of benzene rings is 1. The maximum absolute atomic E-state index is 11.1. The number of aryl methyl sites for hydroxylation is 1. The van der Waals surface area contributed by atoms with Gasteiger partial charge in [0, 0.05) is 29.2 Å². The Bertz CT molecular complexity index is 641. The summed E-state index contributed by atoms with van der Waals surface area (Å²) in [4.78, 5) is 11.1. The third kappa shape index (κ3) is 2.43. The lowest BCUT2D eigenvalue weighted by atomic mass is 10.0. The van der Waals surface area contributed by atoms with Gasteiger partial charge < -0.3 is 14.8 Å². The van der Waals surface area contributed by atoms with Crippen LogP contribution in [0.2, 0.25) is 0 Å². The first kappa shape index (κ1) is 14.6. The molecule has 0 saturated carbocycles. The minimum absolute atomic E-state index is 0.145. The Morgan fingerprint density at radius 2 is 2.05 bits per heavy atom. The van der Waals surface area contributed by atoms with E-state index in [-0.39, 0.29) is 6.61 Å². The SMILES string of the molecule is Cc1c(CCCO)c2cc(C(=O)O)ccc2n1C(C)C. The zero-order chi connectivity index (χ0) is 14.9. The van der Waals surface area contributed by atoms with Crippen LogP contribution in [0.1, 0.15) is 47.9 Å². The summed E-state index contributed by atoms with van der Waals surface area (Å²) in [7, 11) is 0. The van der Waals surface area contributed by atoms with E-state index in [0.29, 0.717) is 18.0 Å². The first-order chi connectivity index (χ1) is 9.47. The van der Waals surface area contributed by atoms with E-state index in [2.05, 4.69) is 25.3 Å². The Morgan fingerprint density at radius 3 is 2.60 bits per heavy atom. The van der Waals surface area contributed by atoms with Crippen LogP contribution >= 0.6 is 0 Å². The van der Waals surface area contributed by atoms with Crippen LogP contribution in [-0.2, 0) is 6.42 Å². The van der Waals surface area contributed by atoms with Gasteiger partial charge in [-0.25, -0.2) is 4.79 Å². The summed E-state index contributed by atoms with van der Waals surface area (Å²) in [6.45, 7) is 6.44. The highest BCUT2D eigenvalue weighted by atomic mass is 16.4. The van der Waals surface area contributed by atoms with Crippen LogP contribution < -0.4 is 0 Å². The highest BCUT2D eigenvalue weighted by molar-refractivity contribution is 5.95. The number of rotatable bonds is 5. The van der Waals surface area contributed by atoms with E-state index in [1.807, 2.05) is 6.07 Å². The van der Waals surface area contributed by atoms with Crippen LogP contribution in [0.25, 0.3) is 10.9 Å². The first-order valence-corrected chi connectivity index (χ1v) is 6.95. The molecule has 0 spiro atoms. The molecule has 0 saturated heterocycles. The summed E-state index contributed by atoms with van der Waals surface area (Å²) in [5, 5.41) is 19.2. The molecule has 0 bridgehead atoms. The molecule has 1 heterocycles. The maximum Gasteiger partial charge on any atom is 0.335 e. The number of carboxylic acids is 1. The fourth-order valence-electron chi connectivity index (χ4n) is 2.88. The zero-order valence-corrected chi connectivity index (χ0v) is 12.2. The Labute approximate surface area is 118 Å². The molecule has 2 N–H and O–H groups in total. The summed E-state index contributed by atoms with van der Waals surface area (Å²) in [5.41, 5.74) is 3.68. The number of aromatic carboxylic acids is 1. The Hall–Kier alpha value is -1.81. The van der Waals surface area contributed by atoms with Gasteiger partial charge in [-0.3, -0.25) is 0 Å². The van der Waals surface area contributed by atoms with E-state index < -0.39 is 5.97 Å². The van der Waals surface area contributed by atoms with Crippen molar-refractivity contribution in [3.63, 3.8) is 0 Å². The highest BCUT2D eigenvalue weighted by Crippen LogP contribution is 2.30. The monoisotopic (exact) mass is 275 g/mol. The molecular weight excluding hydrogens is 254 g/mol. The van der Waals surface area contributed by atoms with Gasteiger partial charge >= 0.3 is 5.97 Å². The number of hydrogen-bond acceptors (Lipinski definition) is 2. The Kier molecular flexibility index (Phi) is 4.14. The van der Waals surface area contributed by atoms with E-state index in [0.717, 1.165) is 28.6 Å². The van der Waals surface area contributed by atoms with E-state index in [4.69, 9.17) is 10.2 Å². The standard InChI is InChI=1S/C16H21NO3/c1-10(2)17-11(3)13(5-4-8-18)14-9-12(16(19)20)6-7-15(14)17/h6-7,9-10,18H,4-5,8H2,1-3H3,(H,19,20). The van der Waals surface area contributed by atoms with Crippen molar-refractivity contribution < 1.29 is 15.0 Å². The average Bonchev–Trinajstić information content (AvgIpc) is 2.67. The second-order valence-electron chi connectivity index (χ2n) is 5.39. The lowest BCUT2D eigenvalue weighted by molar-refractivity contribution is 0.0697. The normalized spacial score (nSPS) is 11.4. The van der Waals surface area contributed by atoms with Crippen LogP contribution in [0.5, 0.6) is 0 Å². The molecule has 4 heteroatoms. The largest absolute Gasteiger partial charge is 0.478 e. The number of fused-ring (bicyclic) bond motifs is 1. The van der Waals surface area contributed by atoms with Crippen molar-refractivity contribution in [3.8, 4) is 0 Å². The molecule has 2 rings (SSSR count). The second kappa shape index (κ2) is 5.67. The summed E-state index contributed by atoms with van der Waals surface area (Å²) < 4.78 is 2.23. The van der Waals surface area contributed by atoms with Gasteiger partial charge in [0.2, 0.25) is 0 Å². The van der Waals surface area contributed by atoms with Gasteiger partial charge in [0.1, 0.15) is 0 Å². The van der Waals surface area contributed by atoms with Crippen LogP contribution in [-0.4, -0.2) is 27.4 Å². The van der Waals surface area contributed by atoms with Gasteiger partial charge in [-0.1, -0.05) is 0 Å². The number of carboxylic acid groups (broad SMARTS) is 1. The quantitative estimate of drug-likeness (QED) is 0.881. The van der Waals surface area contributed by atoms with Crippen molar-refractivity contribution in [2.24, 2.45) is 0 Å².